The number of hydrogen-bond acceptors (Lipinski definition) is 2. The predicted molar refractivity (Wildman–Crippen MR) is 97.2 cm³/mol. The van der Waals surface area contributed by atoms with Gasteiger partial charge in [-0.2, -0.15) is 11.8 Å². The zero-order valence-electron chi connectivity index (χ0n) is 12.9. The first-order valence-electron chi connectivity index (χ1n) is 8.25. The highest BCUT2D eigenvalue weighted by Crippen LogP contribution is 2.42. The van der Waals surface area contributed by atoms with Crippen LogP contribution < -0.4 is 5.32 Å². The number of hydrogen-bond donors (Lipinski definition) is 1. The average molecular weight is 368 g/mol. The SMILES string of the molecule is CSC1(CNC2CC(c3ccccc3Br)C2)CCCCC1. The third-order valence-electron chi connectivity index (χ3n) is 5.39. The fraction of sp³-hybridized carbons (Fsp3) is 0.667. The van der Waals surface area contributed by atoms with Gasteiger partial charge in [0.1, 0.15) is 0 Å². The second-order valence-electron chi connectivity index (χ2n) is 6.72. The van der Waals surface area contributed by atoms with E-state index in [2.05, 4.69) is 63.5 Å². The molecule has 0 aromatic heterocycles. The van der Waals surface area contributed by atoms with Crippen LogP contribution in [0.3, 0.4) is 0 Å². The van der Waals surface area contributed by atoms with Crippen LogP contribution in [0, 0.1) is 0 Å². The van der Waals surface area contributed by atoms with E-state index in [1.165, 1.54) is 61.5 Å². The summed E-state index contributed by atoms with van der Waals surface area (Å²) in [5.74, 6) is 0.745. The molecule has 3 rings (SSSR count). The van der Waals surface area contributed by atoms with Crippen molar-refractivity contribution in [3.05, 3.63) is 34.3 Å². The molecule has 1 nitrogen and oxygen atoms in total. The molecule has 0 unspecified atom stereocenters. The molecule has 0 bridgehead atoms. The van der Waals surface area contributed by atoms with Crippen LogP contribution in [0.25, 0.3) is 0 Å². The molecule has 2 fully saturated rings. The van der Waals surface area contributed by atoms with Gasteiger partial charge in [-0.3, -0.25) is 0 Å². The van der Waals surface area contributed by atoms with E-state index in [1.54, 1.807) is 0 Å². The van der Waals surface area contributed by atoms with Gasteiger partial charge in [0.15, 0.2) is 0 Å². The molecule has 0 amide bonds. The van der Waals surface area contributed by atoms with Crippen LogP contribution in [0.5, 0.6) is 0 Å². The molecule has 0 heterocycles. The largest absolute Gasteiger partial charge is 0.313 e. The minimum Gasteiger partial charge on any atom is -0.313 e. The molecule has 0 spiro atoms. The molecule has 21 heavy (non-hydrogen) atoms. The highest BCUT2D eigenvalue weighted by molar-refractivity contribution is 9.10. The molecule has 0 aliphatic heterocycles. The van der Waals surface area contributed by atoms with Gasteiger partial charge in [-0.15, -0.1) is 0 Å². The fourth-order valence-corrected chi connectivity index (χ4v) is 5.36. The molecule has 2 aliphatic rings. The number of benzene rings is 1. The van der Waals surface area contributed by atoms with Crippen LogP contribution in [0.15, 0.2) is 28.7 Å². The molecule has 1 aromatic rings. The van der Waals surface area contributed by atoms with Gasteiger partial charge in [-0.1, -0.05) is 53.4 Å². The quantitative estimate of drug-likeness (QED) is 0.752. The first-order chi connectivity index (χ1) is 10.2. The van der Waals surface area contributed by atoms with Crippen molar-refractivity contribution >= 4 is 27.7 Å². The maximum Gasteiger partial charge on any atom is 0.0281 e. The van der Waals surface area contributed by atoms with Crippen LogP contribution in [0.1, 0.15) is 56.4 Å². The molecular formula is C18H26BrNS. The summed E-state index contributed by atoms with van der Waals surface area (Å²) in [6.45, 7) is 1.21. The topological polar surface area (TPSA) is 12.0 Å². The van der Waals surface area contributed by atoms with Gasteiger partial charge in [-0.05, 0) is 49.5 Å². The Kier molecular flexibility index (Phi) is 5.34. The van der Waals surface area contributed by atoms with Crippen molar-refractivity contribution in [1.29, 1.82) is 0 Å². The minimum absolute atomic E-state index is 0.524. The maximum absolute atomic E-state index is 3.86. The van der Waals surface area contributed by atoms with Crippen molar-refractivity contribution in [2.24, 2.45) is 0 Å². The monoisotopic (exact) mass is 367 g/mol. The Morgan fingerprint density at radius 1 is 1.19 bits per heavy atom. The molecule has 0 atom stereocenters. The molecule has 0 saturated heterocycles. The summed E-state index contributed by atoms with van der Waals surface area (Å²) in [6, 6.07) is 9.43. The highest BCUT2D eigenvalue weighted by atomic mass is 79.9. The van der Waals surface area contributed by atoms with Gasteiger partial charge in [0, 0.05) is 21.8 Å². The van der Waals surface area contributed by atoms with Crippen molar-refractivity contribution in [3.8, 4) is 0 Å². The molecular weight excluding hydrogens is 342 g/mol. The van der Waals surface area contributed by atoms with Crippen molar-refractivity contribution in [3.63, 3.8) is 0 Å². The van der Waals surface area contributed by atoms with Crippen LogP contribution in [0.4, 0.5) is 0 Å². The number of nitrogens with one attached hydrogen (secondary N) is 1. The lowest BCUT2D eigenvalue weighted by atomic mass is 9.75. The molecule has 2 saturated carbocycles. The average Bonchev–Trinajstić information content (AvgIpc) is 2.48. The van der Waals surface area contributed by atoms with Crippen LogP contribution in [-0.4, -0.2) is 23.6 Å². The summed E-state index contributed by atoms with van der Waals surface area (Å²) in [5, 5.41) is 3.86. The smallest absolute Gasteiger partial charge is 0.0281 e. The second kappa shape index (κ2) is 7.06. The zero-order valence-corrected chi connectivity index (χ0v) is 15.3. The predicted octanol–water partition coefficient (Wildman–Crippen LogP) is 5.35. The lowest BCUT2D eigenvalue weighted by Gasteiger charge is -2.42. The molecule has 1 N–H and O–H groups in total. The van der Waals surface area contributed by atoms with Crippen molar-refractivity contribution in [2.75, 3.05) is 12.8 Å². The van der Waals surface area contributed by atoms with E-state index in [1.807, 2.05) is 0 Å². The Morgan fingerprint density at radius 2 is 1.90 bits per heavy atom. The molecule has 3 heteroatoms. The third-order valence-corrected chi connectivity index (χ3v) is 7.53. The van der Waals surface area contributed by atoms with E-state index in [0.717, 1.165) is 12.0 Å². The van der Waals surface area contributed by atoms with E-state index < -0.39 is 0 Å². The Bertz CT molecular complexity index is 464. The molecule has 1 aromatic carbocycles. The van der Waals surface area contributed by atoms with Crippen LogP contribution in [-0.2, 0) is 0 Å². The van der Waals surface area contributed by atoms with Crippen molar-refractivity contribution < 1.29 is 0 Å². The summed E-state index contributed by atoms with van der Waals surface area (Å²) in [7, 11) is 0. The number of halogens is 1. The third kappa shape index (κ3) is 3.68. The summed E-state index contributed by atoms with van der Waals surface area (Å²) in [6.07, 6.45) is 12.0. The van der Waals surface area contributed by atoms with E-state index in [0.29, 0.717) is 4.75 Å². The van der Waals surface area contributed by atoms with Gasteiger partial charge in [0.2, 0.25) is 0 Å². The minimum atomic E-state index is 0.524. The normalized spacial score (nSPS) is 28.1. The van der Waals surface area contributed by atoms with Gasteiger partial charge < -0.3 is 5.32 Å². The van der Waals surface area contributed by atoms with Crippen molar-refractivity contribution in [1.82, 2.24) is 5.32 Å². The van der Waals surface area contributed by atoms with Gasteiger partial charge >= 0.3 is 0 Å². The standard InChI is InChI=1S/C18H26BrNS/c1-21-18(9-5-2-6-10-18)13-20-15-11-14(12-15)16-7-3-4-8-17(16)19/h3-4,7-8,14-15,20H,2,5-6,9-13H2,1H3. The van der Waals surface area contributed by atoms with Crippen molar-refractivity contribution in [2.45, 2.75) is 61.7 Å². The summed E-state index contributed by atoms with van der Waals surface area (Å²) < 4.78 is 1.80. The van der Waals surface area contributed by atoms with E-state index in [9.17, 15) is 0 Å². The van der Waals surface area contributed by atoms with E-state index >= 15 is 0 Å². The van der Waals surface area contributed by atoms with E-state index in [-0.39, 0.29) is 0 Å². The maximum atomic E-state index is 3.86. The Balaban J connectivity index is 1.48. The lowest BCUT2D eigenvalue weighted by Crippen LogP contribution is -2.47. The first kappa shape index (κ1) is 15.9. The Hall–Kier alpha value is 0.01000. The lowest BCUT2D eigenvalue weighted by molar-refractivity contribution is 0.267. The Morgan fingerprint density at radius 3 is 2.57 bits per heavy atom. The van der Waals surface area contributed by atoms with E-state index in [4.69, 9.17) is 0 Å². The van der Waals surface area contributed by atoms with Gasteiger partial charge in [-0.25, -0.2) is 0 Å². The van der Waals surface area contributed by atoms with Crippen LogP contribution in [0.2, 0.25) is 0 Å². The van der Waals surface area contributed by atoms with Gasteiger partial charge in [0.25, 0.3) is 0 Å². The second-order valence-corrected chi connectivity index (χ2v) is 8.84. The molecule has 0 radical (unpaired) electrons. The first-order valence-corrected chi connectivity index (χ1v) is 10.3. The number of rotatable bonds is 5. The van der Waals surface area contributed by atoms with Gasteiger partial charge in [0.05, 0.1) is 0 Å². The summed E-state index contributed by atoms with van der Waals surface area (Å²) in [4.78, 5) is 0. The fourth-order valence-electron chi connectivity index (χ4n) is 3.82. The van der Waals surface area contributed by atoms with Crippen LogP contribution >= 0.6 is 27.7 Å². The Labute approximate surface area is 141 Å². The highest BCUT2D eigenvalue weighted by Gasteiger charge is 2.35. The number of thioether (sulfide) groups is 1. The summed E-state index contributed by atoms with van der Waals surface area (Å²) in [5.41, 5.74) is 1.49. The summed E-state index contributed by atoms with van der Waals surface area (Å²) >= 11 is 5.79. The molecule has 2 aliphatic carbocycles. The zero-order chi connectivity index (χ0) is 14.7. The molecule has 116 valence electrons.